The van der Waals surface area contributed by atoms with E-state index in [9.17, 15) is 4.79 Å². The van der Waals surface area contributed by atoms with Gasteiger partial charge in [-0.15, -0.1) is 0 Å². The molecule has 140 valence electrons. The van der Waals surface area contributed by atoms with Crippen molar-refractivity contribution in [2.75, 3.05) is 6.54 Å². The van der Waals surface area contributed by atoms with Gasteiger partial charge in [0.2, 0.25) is 0 Å². The molecule has 3 aromatic rings. The van der Waals surface area contributed by atoms with Crippen LogP contribution in [0.4, 0.5) is 0 Å². The van der Waals surface area contributed by atoms with Crippen molar-refractivity contribution in [1.29, 1.82) is 0 Å². The summed E-state index contributed by atoms with van der Waals surface area (Å²) < 4.78 is 2.25. The van der Waals surface area contributed by atoms with E-state index in [1.54, 1.807) is 0 Å². The van der Waals surface area contributed by atoms with Gasteiger partial charge in [-0.3, -0.25) is 4.79 Å². The number of benzene rings is 2. The highest BCUT2D eigenvalue weighted by atomic mass is 16.2. The van der Waals surface area contributed by atoms with Crippen LogP contribution in [-0.4, -0.2) is 21.9 Å². The number of hydrogen-bond acceptors (Lipinski definition) is 1. The Bertz CT molecular complexity index is 867. The van der Waals surface area contributed by atoms with Crippen LogP contribution < -0.4 is 0 Å². The Morgan fingerprint density at radius 3 is 2.44 bits per heavy atom. The average Bonchev–Trinajstić information content (AvgIpc) is 3.13. The van der Waals surface area contributed by atoms with Gasteiger partial charge < -0.3 is 9.47 Å². The number of nitrogens with zero attached hydrogens (tertiary/aromatic N) is 2. The van der Waals surface area contributed by atoms with Gasteiger partial charge in [-0.2, -0.15) is 0 Å². The smallest absolute Gasteiger partial charge is 0.254 e. The summed E-state index contributed by atoms with van der Waals surface area (Å²) in [5, 5.41) is 0. The summed E-state index contributed by atoms with van der Waals surface area (Å²) in [6.07, 6.45) is 4.19. The zero-order valence-electron chi connectivity index (χ0n) is 16.3. The number of aryl methyl sites for hydroxylation is 1. The van der Waals surface area contributed by atoms with Crippen molar-refractivity contribution in [3.8, 4) is 0 Å². The maximum absolute atomic E-state index is 13.0. The topological polar surface area (TPSA) is 25.2 Å². The molecule has 0 aliphatic carbocycles. The van der Waals surface area contributed by atoms with Crippen LogP contribution in [0.3, 0.4) is 0 Å². The summed E-state index contributed by atoms with van der Waals surface area (Å²) in [6.45, 7) is 6.54. The predicted molar refractivity (Wildman–Crippen MR) is 111 cm³/mol. The van der Waals surface area contributed by atoms with Crippen molar-refractivity contribution in [2.24, 2.45) is 0 Å². The molecule has 1 heterocycles. The molecule has 0 aliphatic heterocycles. The highest BCUT2D eigenvalue weighted by Gasteiger charge is 2.17. The molecule has 0 bridgehead atoms. The van der Waals surface area contributed by atoms with E-state index < -0.39 is 0 Å². The van der Waals surface area contributed by atoms with Crippen LogP contribution in [0.25, 0.3) is 0 Å². The van der Waals surface area contributed by atoms with Gasteiger partial charge in [0.1, 0.15) is 0 Å². The summed E-state index contributed by atoms with van der Waals surface area (Å²) in [6, 6.07) is 22.2. The lowest BCUT2D eigenvalue weighted by atomic mass is 10.1. The largest absolute Gasteiger partial charge is 0.345 e. The van der Waals surface area contributed by atoms with Crippen molar-refractivity contribution >= 4 is 5.91 Å². The van der Waals surface area contributed by atoms with E-state index in [0.29, 0.717) is 6.54 Å². The Labute approximate surface area is 162 Å². The van der Waals surface area contributed by atoms with Crippen molar-refractivity contribution in [3.05, 3.63) is 95.3 Å². The van der Waals surface area contributed by atoms with E-state index in [0.717, 1.165) is 31.5 Å². The zero-order chi connectivity index (χ0) is 19.1. The van der Waals surface area contributed by atoms with Crippen LogP contribution in [0.2, 0.25) is 0 Å². The number of carbonyl (C=O) groups is 1. The van der Waals surface area contributed by atoms with Crippen molar-refractivity contribution in [2.45, 2.75) is 39.8 Å². The molecular weight excluding hydrogens is 332 g/mol. The number of unbranched alkanes of at least 4 members (excludes halogenated alkanes) is 1. The molecule has 0 aliphatic rings. The van der Waals surface area contributed by atoms with Crippen molar-refractivity contribution in [3.63, 3.8) is 0 Å². The molecule has 27 heavy (non-hydrogen) atoms. The van der Waals surface area contributed by atoms with Crippen molar-refractivity contribution < 1.29 is 4.79 Å². The Morgan fingerprint density at radius 2 is 1.70 bits per heavy atom. The van der Waals surface area contributed by atoms with Gasteiger partial charge in [0, 0.05) is 30.5 Å². The number of amides is 1. The first-order valence-electron chi connectivity index (χ1n) is 9.72. The van der Waals surface area contributed by atoms with Crippen LogP contribution in [0, 0.1) is 6.92 Å². The molecule has 1 amide bonds. The van der Waals surface area contributed by atoms with Crippen molar-refractivity contribution in [1.82, 2.24) is 9.47 Å². The maximum Gasteiger partial charge on any atom is 0.254 e. The lowest BCUT2D eigenvalue weighted by molar-refractivity contribution is 0.0737. The maximum atomic E-state index is 13.0. The van der Waals surface area contributed by atoms with Gasteiger partial charge in [0.05, 0.1) is 6.54 Å². The Morgan fingerprint density at radius 1 is 0.963 bits per heavy atom. The third-order valence-electron chi connectivity index (χ3n) is 4.97. The van der Waals surface area contributed by atoms with E-state index in [1.807, 2.05) is 35.2 Å². The Kier molecular flexibility index (Phi) is 6.48. The number of aromatic nitrogens is 1. The van der Waals surface area contributed by atoms with Gasteiger partial charge in [-0.1, -0.05) is 55.8 Å². The second-order valence-corrected chi connectivity index (χ2v) is 7.00. The molecule has 2 aromatic carbocycles. The summed E-state index contributed by atoms with van der Waals surface area (Å²) >= 11 is 0. The normalized spacial score (nSPS) is 10.7. The molecule has 3 heteroatoms. The molecule has 3 nitrogen and oxygen atoms in total. The molecule has 0 atom stereocenters. The summed E-state index contributed by atoms with van der Waals surface area (Å²) in [5.74, 6) is 0.104. The average molecular weight is 361 g/mol. The second kappa shape index (κ2) is 9.22. The molecule has 0 N–H and O–H groups in total. The van der Waals surface area contributed by atoms with Gasteiger partial charge >= 0.3 is 0 Å². The quantitative estimate of drug-likeness (QED) is 0.536. The van der Waals surface area contributed by atoms with E-state index >= 15 is 0 Å². The fourth-order valence-electron chi connectivity index (χ4n) is 3.28. The van der Waals surface area contributed by atoms with Crippen LogP contribution >= 0.6 is 0 Å². The minimum atomic E-state index is 0.104. The third-order valence-corrected chi connectivity index (χ3v) is 4.97. The molecule has 0 radical (unpaired) electrons. The summed E-state index contributed by atoms with van der Waals surface area (Å²) in [4.78, 5) is 15.0. The first-order valence-corrected chi connectivity index (χ1v) is 9.72. The van der Waals surface area contributed by atoms with Gasteiger partial charge in [0.15, 0.2) is 0 Å². The molecule has 1 aromatic heterocycles. The molecule has 0 spiro atoms. The molecule has 0 saturated heterocycles. The summed E-state index contributed by atoms with van der Waals surface area (Å²) in [5.41, 5.74) is 4.52. The van der Waals surface area contributed by atoms with E-state index in [4.69, 9.17) is 0 Å². The van der Waals surface area contributed by atoms with E-state index in [1.165, 1.54) is 16.8 Å². The molecule has 3 rings (SSSR count). The SMILES string of the molecule is CCCCN(Cc1cccn1Cc1ccccc1C)C(=O)c1ccccc1. The van der Waals surface area contributed by atoms with Gasteiger partial charge in [-0.25, -0.2) is 0 Å². The summed E-state index contributed by atoms with van der Waals surface area (Å²) in [7, 11) is 0. The first-order chi connectivity index (χ1) is 13.2. The van der Waals surface area contributed by atoms with Crippen LogP contribution in [0.1, 0.15) is 46.9 Å². The lowest BCUT2D eigenvalue weighted by Crippen LogP contribution is -2.32. The molecular formula is C24H28N2O. The van der Waals surface area contributed by atoms with Crippen LogP contribution in [-0.2, 0) is 13.1 Å². The third kappa shape index (κ3) is 4.88. The van der Waals surface area contributed by atoms with Gasteiger partial charge in [-0.05, 0) is 48.7 Å². The Balaban J connectivity index is 1.79. The fourth-order valence-corrected chi connectivity index (χ4v) is 3.28. The number of rotatable bonds is 8. The second-order valence-electron chi connectivity index (χ2n) is 7.00. The number of hydrogen-bond donors (Lipinski definition) is 0. The zero-order valence-corrected chi connectivity index (χ0v) is 16.3. The molecule has 0 fully saturated rings. The first kappa shape index (κ1) is 19.0. The fraction of sp³-hybridized carbons (Fsp3) is 0.292. The van der Waals surface area contributed by atoms with E-state index in [-0.39, 0.29) is 5.91 Å². The molecule has 0 unspecified atom stereocenters. The van der Waals surface area contributed by atoms with Gasteiger partial charge in [0.25, 0.3) is 5.91 Å². The standard InChI is InChI=1S/C24H28N2O/c1-3-4-16-26(24(27)21-12-6-5-7-13-21)19-23-15-10-17-25(23)18-22-14-9-8-11-20(22)2/h5-15,17H,3-4,16,18-19H2,1-2H3. The highest BCUT2D eigenvalue weighted by Crippen LogP contribution is 2.15. The highest BCUT2D eigenvalue weighted by molar-refractivity contribution is 5.94. The Hall–Kier alpha value is -2.81. The lowest BCUT2D eigenvalue weighted by Gasteiger charge is -2.24. The molecule has 0 saturated carbocycles. The minimum Gasteiger partial charge on any atom is -0.345 e. The monoisotopic (exact) mass is 360 g/mol. The van der Waals surface area contributed by atoms with E-state index in [2.05, 4.69) is 61.0 Å². The number of carbonyl (C=O) groups excluding carboxylic acids is 1. The van der Waals surface area contributed by atoms with Crippen LogP contribution in [0.15, 0.2) is 72.9 Å². The minimum absolute atomic E-state index is 0.104. The van der Waals surface area contributed by atoms with Crippen LogP contribution in [0.5, 0.6) is 0 Å². The predicted octanol–water partition coefficient (Wildman–Crippen LogP) is 5.29.